The molecular weight excluding hydrogens is 446 g/mol. The zero-order chi connectivity index (χ0) is 23.5. The summed E-state index contributed by atoms with van der Waals surface area (Å²) in [5.74, 6) is 0.237. The van der Waals surface area contributed by atoms with Gasteiger partial charge in [-0.25, -0.2) is 9.59 Å². The molecule has 0 spiro atoms. The van der Waals surface area contributed by atoms with Crippen molar-refractivity contribution in [3.8, 4) is 5.75 Å². The lowest BCUT2D eigenvalue weighted by atomic mass is 10.2. The topological polar surface area (TPSA) is 114 Å². The minimum Gasteiger partial charge on any atom is -0.494 e. The Kier molecular flexibility index (Phi) is 9.26. The van der Waals surface area contributed by atoms with Crippen LogP contribution in [0.15, 0.2) is 59.5 Å². The van der Waals surface area contributed by atoms with Gasteiger partial charge < -0.3 is 29.7 Å². The summed E-state index contributed by atoms with van der Waals surface area (Å²) in [7, 11) is 0. The molecule has 1 aliphatic rings. The minimum absolute atomic E-state index is 0.117. The third kappa shape index (κ3) is 8.51. The fraction of sp³-hybridized carbons (Fsp3) is 0.417. The highest BCUT2D eigenvalue weighted by atomic mass is 32.2. The average Bonchev–Trinajstić information content (AvgIpc) is 3.17. The van der Waals surface area contributed by atoms with Crippen LogP contribution in [0.2, 0.25) is 0 Å². The molecule has 2 aromatic carbocycles. The lowest BCUT2D eigenvalue weighted by Crippen LogP contribution is -2.39. The summed E-state index contributed by atoms with van der Waals surface area (Å²) in [6.07, 6.45) is -0.171. The van der Waals surface area contributed by atoms with Gasteiger partial charge in [0.25, 0.3) is 5.79 Å². The van der Waals surface area contributed by atoms with Gasteiger partial charge in [-0.15, -0.1) is 11.8 Å². The number of hydrogen-bond donors (Lipinski definition) is 3. The number of benzene rings is 2. The van der Waals surface area contributed by atoms with Crippen molar-refractivity contribution in [2.45, 2.75) is 55.4 Å². The van der Waals surface area contributed by atoms with E-state index in [1.165, 1.54) is 4.90 Å². The predicted octanol–water partition coefficient (Wildman–Crippen LogP) is 5.37. The van der Waals surface area contributed by atoms with E-state index < -0.39 is 18.1 Å². The van der Waals surface area contributed by atoms with Gasteiger partial charge >= 0.3 is 12.3 Å². The zero-order valence-electron chi connectivity index (χ0n) is 18.3. The molecule has 1 atom stereocenters. The van der Waals surface area contributed by atoms with E-state index in [2.05, 4.69) is 17.4 Å². The van der Waals surface area contributed by atoms with Crippen LogP contribution in [0, 0.1) is 0 Å². The SMILES string of the molecule is O=C(O)OC1(OC(=O)O)CCC(NCc2ccc(OCCCCSc3ccccc3)cc2)C1. The molecule has 1 fully saturated rings. The van der Waals surface area contributed by atoms with E-state index >= 15 is 0 Å². The second kappa shape index (κ2) is 12.4. The minimum atomic E-state index is -1.65. The molecule has 0 aliphatic heterocycles. The summed E-state index contributed by atoms with van der Waals surface area (Å²) in [4.78, 5) is 23.1. The van der Waals surface area contributed by atoms with Crippen molar-refractivity contribution in [2.24, 2.45) is 0 Å². The van der Waals surface area contributed by atoms with Crippen LogP contribution in [-0.4, -0.2) is 46.7 Å². The van der Waals surface area contributed by atoms with Crippen molar-refractivity contribution in [1.29, 1.82) is 0 Å². The molecule has 9 heteroatoms. The van der Waals surface area contributed by atoms with Crippen LogP contribution in [-0.2, 0) is 16.0 Å². The van der Waals surface area contributed by atoms with E-state index in [0.717, 1.165) is 29.9 Å². The molecule has 8 nitrogen and oxygen atoms in total. The van der Waals surface area contributed by atoms with Crippen molar-refractivity contribution in [1.82, 2.24) is 5.32 Å². The Bertz CT molecular complexity index is 875. The number of thioether (sulfide) groups is 1. The molecule has 3 rings (SSSR count). The Morgan fingerprint density at radius 1 is 1.00 bits per heavy atom. The number of unbranched alkanes of at least 4 members (excludes halogenated alkanes) is 1. The van der Waals surface area contributed by atoms with Gasteiger partial charge in [-0.05, 0) is 54.8 Å². The first-order chi connectivity index (χ1) is 15.9. The Labute approximate surface area is 197 Å². The molecule has 178 valence electrons. The lowest BCUT2D eigenvalue weighted by Gasteiger charge is -2.26. The van der Waals surface area contributed by atoms with Crippen LogP contribution in [0.5, 0.6) is 5.75 Å². The monoisotopic (exact) mass is 475 g/mol. The first kappa shape index (κ1) is 24.7. The lowest BCUT2D eigenvalue weighted by molar-refractivity contribution is -0.177. The fourth-order valence-corrected chi connectivity index (χ4v) is 4.67. The number of hydrogen-bond acceptors (Lipinski definition) is 7. The van der Waals surface area contributed by atoms with Crippen LogP contribution in [0.1, 0.15) is 37.7 Å². The molecule has 33 heavy (non-hydrogen) atoms. The van der Waals surface area contributed by atoms with Gasteiger partial charge in [0.15, 0.2) is 0 Å². The zero-order valence-corrected chi connectivity index (χ0v) is 19.1. The third-order valence-corrected chi connectivity index (χ3v) is 6.41. The summed E-state index contributed by atoms with van der Waals surface area (Å²) >= 11 is 1.85. The largest absolute Gasteiger partial charge is 0.509 e. The summed E-state index contributed by atoms with van der Waals surface area (Å²) in [5, 5.41) is 21.1. The maximum Gasteiger partial charge on any atom is 0.509 e. The van der Waals surface area contributed by atoms with Crippen molar-refractivity contribution >= 4 is 24.1 Å². The molecule has 0 saturated heterocycles. The smallest absolute Gasteiger partial charge is 0.494 e. The van der Waals surface area contributed by atoms with E-state index in [9.17, 15) is 9.59 Å². The predicted molar refractivity (Wildman–Crippen MR) is 124 cm³/mol. The summed E-state index contributed by atoms with van der Waals surface area (Å²) < 4.78 is 15.3. The standard InChI is InChI=1S/C24H29NO7S/c26-22(27)31-24(32-23(28)29)13-12-19(16-24)25-17-18-8-10-20(11-9-18)30-14-4-5-15-33-21-6-2-1-3-7-21/h1-3,6-11,19,25H,4-5,12-17H2,(H,26,27)(H,28,29). The van der Waals surface area contributed by atoms with Crippen molar-refractivity contribution in [3.63, 3.8) is 0 Å². The van der Waals surface area contributed by atoms with Gasteiger partial charge in [0, 0.05) is 30.3 Å². The molecule has 0 radical (unpaired) electrons. The van der Waals surface area contributed by atoms with Crippen LogP contribution < -0.4 is 10.1 Å². The molecule has 0 aromatic heterocycles. The Balaban J connectivity index is 1.34. The first-order valence-corrected chi connectivity index (χ1v) is 11.9. The Morgan fingerprint density at radius 3 is 2.36 bits per heavy atom. The highest BCUT2D eigenvalue weighted by Gasteiger charge is 2.46. The van der Waals surface area contributed by atoms with Gasteiger partial charge in [-0.3, -0.25) is 0 Å². The van der Waals surface area contributed by atoms with E-state index in [-0.39, 0.29) is 18.9 Å². The van der Waals surface area contributed by atoms with Gasteiger partial charge in [-0.2, -0.15) is 0 Å². The van der Waals surface area contributed by atoms with E-state index in [1.807, 2.05) is 54.2 Å². The second-order valence-electron chi connectivity index (χ2n) is 7.83. The molecule has 0 bridgehead atoms. The highest BCUT2D eigenvalue weighted by molar-refractivity contribution is 7.99. The fourth-order valence-electron chi connectivity index (χ4n) is 3.74. The number of nitrogens with one attached hydrogen (secondary N) is 1. The van der Waals surface area contributed by atoms with E-state index in [4.69, 9.17) is 24.4 Å². The van der Waals surface area contributed by atoms with Gasteiger partial charge in [0.05, 0.1) is 6.61 Å². The van der Waals surface area contributed by atoms with Crippen LogP contribution >= 0.6 is 11.8 Å². The second-order valence-corrected chi connectivity index (χ2v) is 9.00. The maximum atomic E-state index is 10.9. The highest BCUT2D eigenvalue weighted by Crippen LogP contribution is 2.35. The molecule has 0 amide bonds. The van der Waals surface area contributed by atoms with E-state index in [0.29, 0.717) is 19.6 Å². The maximum absolute atomic E-state index is 10.9. The van der Waals surface area contributed by atoms with Crippen molar-refractivity contribution in [3.05, 3.63) is 60.2 Å². The normalized spacial score (nSPS) is 16.8. The quantitative estimate of drug-likeness (QED) is 0.161. The summed E-state index contributed by atoms with van der Waals surface area (Å²) in [6.45, 7) is 1.22. The number of carboxylic acid groups (broad SMARTS) is 2. The van der Waals surface area contributed by atoms with E-state index in [1.54, 1.807) is 0 Å². The molecule has 1 unspecified atom stereocenters. The Morgan fingerprint density at radius 2 is 1.70 bits per heavy atom. The van der Waals surface area contributed by atoms with Gasteiger partial charge in [-0.1, -0.05) is 30.3 Å². The molecular formula is C24H29NO7S. The molecule has 1 aliphatic carbocycles. The molecule has 1 saturated carbocycles. The van der Waals surface area contributed by atoms with Gasteiger partial charge in [0.2, 0.25) is 0 Å². The summed E-state index contributed by atoms with van der Waals surface area (Å²) in [6, 6.07) is 18.0. The molecule has 0 heterocycles. The number of carbonyl (C=O) groups is 2. The number of ether oxygens (including phenoxy) is 3. The average molecular weight is 476 g/mol. The summed E-state index contributed by atoms with van der Waals surface area (Å²) in [5.41, 5.74) is 1.04. The Hall–Kier alpha value is -2.91. The first-order valence-electron chi connectivity index (χ1n) is 10.9. The van der Waals surface area contributed by atoms with Crippen molar-refractivity contribution in [2.75, 3.05) is 12.4 Å². The van der Waals surface area contributed by atoms with Gasteiger partial charge in [0.1, 0.15) is 5.75 Å². The van der Waals surface area contributed by atoms with Crippen LogP contribution in [0.3, 0.4) is 0 Å². The molecule has 2 aromatic rings. The third-order valence-electron chi connectivity index (χ3n) is 5.32. The van der Waals surface area contributed by atoms with Crippen molar-refractivity contribution < 1.29 is 34.0 Å². The molecule has 3 N–H and O–H groups in total. The number of rotatable bonds is 12. The van der Waals surface area contributed by atoms with Crippen LogP contribution in [0.25, 0.3) is 0 Å². The van der Waals surface area contributed by atoms with Crippen LogP contribution in [0.4, 0.5) is 9.59 Å².